The molecule has 13 heavy (non-hydrogen) atoms. The van der Waals surface area contributed by atoms with E-state index >= 15 is 0 Å². The summed E-state index contributed by atoms with van der Waals surface area (Å²) in [5, 5.41) is 9.21. The number of aliphatic hydroxyl groups excluding tert-OH is 1. The first-order valence-corrected chi connectivity index (χ1v) is 5.86. The molecule has 0 bridgehead atoms. The Labute approximate surface area is 83.2 Å². The third kappa shape index (κ3) is 1.74. The van der Waals surface area contributed by atoms with Gasteiger partial charge in [-0.2, -0.15) is 0 Å². The maximum atomic E-state index is 9.21. The smallest absolute Gasteiger partial charge is 0.0685 e. The quantitative estimate of drug-likeness (QED) is 0.747. The van der Waals surface area contributed by atoms with Crippen molar-refractivity contribution >= 4 is 11.8 Å². The maximum Gasteiger partial charge on any atom is 0.0685 e. The zero-order chi connectivity index (χ0) is 9.26. The maximum absolute atomic E-state index is 9.21. The Bertz CT molecular complexity index is 283. The minimum absolute atomic E-state index is 0.181. The van der Waals surface area contributed by atoms with Gasteiger partial charge in [-0.15, -0.1) is 11.8 Å². The molecule has 2 heteroatoms. The predicted molar refractivity (Wildman–Crippen MR) is 56.1 cm³/mol. The zero-order valence-corrected chi connectivity index (χ0v) is 8.60. The lowest BCUT2D eigenvalue weighted by Gasteiger charge is -2.10. The molecular formula is C11H14OS. The number of hydrogen-bond donors (Lipinski definition) is 1. The predicted octanol–water partition coefficient (Wildman–Crippen LogP) is 2.78. The van der Waals surface area contributed by atoms with Gasteiger partial charge in [0.1, 0.15) is 0 Å². The summed E-state index contributed by atoms with van der Waals surface area (Å²) in [6.07, 6.45) is 4.69. The van der Waals surface area contributed by atoms with Crippen LogP contribution >= 0.6 is 11.8 Å². The third-order valence-electron chi connectivity index (χ3n) is 2.53. The number of aliphatic hydroxyl groups is 1. The zero-order valence-electron chi connectivity index (χ0n) is 7.79. The molecular weight excluding hydrogens is 180 g/mol. The third-order valence-corrected chi connectivity index (χ3v) is 3.33. The van der Waals surface area contributed by atoms with Crippen LogP contribution in [-0.4, -0.2) is 11.4 Å². The van der Waals surface area contributed by atoms with Crippen molar-refractivity contribution in [3.05, 3.63) is 29.3 Å². The van der Waals surface area contributed by atoms with Crippen molar-refractivity contribution in [2.75, 3.05) is 6.26 Å². The molecule has 0 spiro atoms. The molecule has 1 fully saturated rings. The van der Waals surface area contributed by atoms with Crippen molar-refractivity contribution in [1.82, 2.24) is 0 Å². The van der Waals surface area contributed by atoms with Gasteiger partial charge in [0.25, 0.3) is 0 Å². The Hall–Kier alpha value is -0.470. The van der Waals surface area contributed by atoms with E-state index in [2.05, 4.69) is 12.3 Å². The fraction of sp³-hybridized carbons (Fsp3) is 0.455. The minimum atomic E-state index is 0.181. The van der Waals surface area contributed by atoms with Crippen molar-refractivity contribution in [2.24, 2.45) is 0 Å². The van der Waals surface area contributed by atoms with Gasteiger partial charge in [0.15, 0.2) is 0 Å². The summed E-state index contributed by atoms with van der Waals surface area (Å²) in [6, 6.07) is 6.22. The highest BCUT2D eigenvalue weighted by atomic mass is 32.2. The van der Waals surface area contributed by atoms with Gasteiger partial charge in [-0.1, -0.05) is 12.1 Å². The number of thioether (sulfide) groups is 1. The molecule has 70 valence electrons. The summed E-state index contributed by atoms with van der Waals surface area (Å²) in [4.78, 5) is 1.34. The Morgan fingerprint density at radius 3 is 2.77 bits per heavy atom. The van der Waals surface area contributed by atoms with E-state index in [9.17, 15) is 5.11 Å². The molecule has 1 nitrogen and oxygen atoms in total. The molecule has 1 aliphatic carbocycles. The molecule has 1 saturated carbocycles. The van der Waals surface area contributed by atoms with Crippen LogP contribution < -0.4 is 0 Å². The van der Waals surface area contributed by atoms with Gasteiger partial charge in [-0.05, 0) is 42.2 Å². The fourth-order valence-electron chi connectivity index (χ4n) is 1.74. The first-order chi connectivity index (χ1) is 6.36. The van der Waals surface area contributed by atoms with E-state index in [-0.39, 0.29) is 6.61 Å². The van der Waals surface area contributed by atoms with Crippen molar-refractivity contribution in [2.45, 2.75) is 30.3 Å². The molecule has 0 unspecified atom stereocenters. The highest BCUT2D eigenvalue weighted by Crippen LogP contribution is 2.45. The molecule has 0 radical (unpaired) electrons. The van der Waals surface area contributed by atoms with Gasteiger partial charge < -0.3 is 5.11 Å². The van der Waals surface area contributed by atoms with Gasteiger partial charge in [0.2, 0.25) is 0 Å². The van der Waals surface area contributed by atoms with E-state index < -0.39 is 0 Å². The molecule has 1 aromatic rings. The second kappa shape index (κ2) is 3.72. The molecule has 1 N–H and O–H groups in total. The normalized spacial score (nSPS) is 16.2. The molecule has 0 aromatic heterocycles. The first-order valence-electron chi connectivity index (χ1n) is 4.63. The van der Waals surface area contributed by atoms with Gasteiger partial charge in [0.05, 0.1) is 6.61 Å². The molecule has 0 aliphatic heterocycles. The largest absolute Gasteiger partial charge is 0.392 e. The van der Waals surface area contributed by atoms with Crippen molar-refractivity contribution in [1.29, 1.82) is 0 Å². The average molecular weight is 194 g/mol. The molecule has 1 aromatic carbocycles. The van der Waals surface area contributed by atoms with E-state index in [0.29, 0.717) is 0 Å². The van der Waals surface area contributed by atoms with Crippen LogP contribution in [0.4, 0.5) is 0 Å². The van der Waals surface area contributed by atoms with Crippen LogP contribution in [0.1, 0.15) is 29.9 Å². The van der Waals surface area contributed by atoms with E-state index in [4.69, 9.17) is 0 Å². The van der Waals surface area contributed by atoms with Gasteiger partial charge in [-0.3, -0.25) is 0 Å². The molecule has 0 heterocycles. The highest BCUT2D eigenvalue weighted by Gasteiger charge is 2.27. The Balaban J connectivity index is 2.44. The molecule has 0 atom stereocenters. The molecule has 2 rings (SSSR count). The lowest BCUT2D eigenvalue weighted by molar-refractivity contribution is 0.280. The second-order valence-corrected chi connectivity index (χ2v) is 4.31. The summed E-state index contributed by atoms with van der Waals surface area (Å²) in [6.45, 7) is 0.181. The first kappa shape index (κ1) is 9.10. The van der Waals surface area contributed by atoms with Crippen molar-refractivity contribution in [3.8, 4) is 0 Å². The summed E-state index contributed by atoms with van der Waals surface area (Å²) >= 11 is 1.78. The van der Waals surface area contributed by atoms with E-state index in [1.165, 1.54) is 23.3 Å². The van der Waals surface area contributed by atoms with E-state index in [0.717, 1.165) is 11.5 Å². The topological polar surface area (TPSA) is 20.2 Å². The van der Waals surface area contributed by atoms with Crippen molar-refractivity contribution in [3.63, 3.8) is 0 Å². The van der Waals surface area contributed by atoms with Crippen LogP contribution in [0.3, 0.4) is 0 Å². The fourth-order valence-corrected chi connectivity index (χ4v) is 2.47. The standard InChI is InChI=1S/C11H14OS/c1-13-10-4-2-3-9(7-12)11(10)8-5-6-8/h2-4,8,12H,5-7H2,1H3. The summed E-state index contributed by atoms with van der Waals surface area (Å²) in [5.74, 6) is 0.728. The lowest BCUT2D eigenvalue weighted by Crippen LogP contribution is -1.94. The van der Waals surface area contributed by atoms with Crippen molar-refractivity contribution < 1.29 is 5.11 Å². The molecule has 1 aliphatic rings. The minimum Gasteiger partial charge on any atom is -0.392 e. The van der Waals surface area contributed by atoms with Gasteiger partial charge in [-0.25, -0.2) is 0 Å². The van der Waals surface area contributed by atoms with Crippen LogP contribution in [0, 0.1) is 0 Å². The monoisotopic (exact) mass is 194 g/mol. The van der Waals surface area contributed by atoms with Crippen LogP contribution in [0.15, 0.2) is 23.1 Å². The Morgan fingerprint density at radius 1 is 1.46 bits per heavy atom. The second-order valence-electron chi connectivity index (χ2n) is 3.47. The van der Waals surface area contributed by atoms with Gasteiger partial charge in [0, 0.05) is 4.90 Å². The van der Waals surface area contributed by atoms with Crippen LogP contribution in [0.5, 0.6) is 0 Å². The summed E-state index contributed by atoms with van der Waals surface area (Å²) in [5.41, 5.74) is 2.52. The van der Waals surface area contributed by atoms with Crippen LogP contribution in [-0.2, 0) is 6.61 Å². The molecule has 0 saturated heterocycles. The summed E-state index contributed by atoms with van der Waals surface area (Å²) < 4.78 is 0. The van der Waals surface area contributed by atoms with Crippen LogP contribution in [0.2, 0.25) is 0 Å². The Kier molecular flexibility index (Phi) is 2.61. The lowest BCUT2D eigenvalue weighted by atomic mass is 10.0. The number of hydrogen-bond acceptors (Lipinski definition) is 2. The van der Waals surface area contributed by atoms with Gasteiger partial charge >= 0.3 is 0 Å². The summed E-state index contributed by atoms with van der Waals surface area (Å²) in [7, 11) is 0. The van der Waals surface area contributed by atoms with E-state index in [1.54, 1.807) is 11.8 Å². The Morgan fingerprint density at radius 2 is 2.23 bits per heavy atom. The molecule has 0 amide bonds. The SMILES string of the molecule is CSc1cccc(CO)c1C1CC1. The number of benzene rings is 1. The average Bonchev–Trinajstić information content (AvgIpc) is 3.00. The highest BCUT2D eigenvalue weighted by molar-refractivity contribution is 7.98. The number of rotatable bonds is 3. The van der Waals surface area contributed by atoms with Crippen LogP contribution in [0.25, 0.3) is 0 Å². The van der Waals surface area contributed by atoms with E-state index in [1.807, 2.05) is 12.1 Å².